The van der Waals surface area contributed by atoms with E-state index >= 15 is 0 Å². The maximum absolute atomic E-state index is 12.0. The second-order valence-electron chi connectivity index (χ2n) is 4.01. The molecule has 3 aromatic rings. The van der Waals surface area contributed by atoms with Crippen molar-refractivity contribution in [1.29, 1.82) is 0 Å². The standard InChI is InChI=1S/C14H12N2O2S2/c1-2-18-9-5-6-10-12(8-9)20-14(15-10)16-13(17)11-4-3-7-19-11/h3-8H,2H2,1H3,(H,15,16,17). The van der Waals surface area contributed by atoms with E-state index in [2.05, 4.69) is 10.3 Å². The number of rotatable bonds is 4. The molecule has 0 aliphatic heterocycles. The van der Waals surface area contributed by atoms with Crippen LogP contribution in [0.4, 0.5) is 5.13 Å². The summed E-state index contributed by atoms with van der Waals surface area (Å²) >= 11 is 2.86. The van der Waals surface area contributed by atoms with Gasteiger partial charge in [0.1, 0.15) is 5.75 Å². The lowest BCUT2D eigenvalue weighted by Gasteiger charge is -2.00. The summed E-state index contributed by atoms with van der Waals surface area (Å²) in [5, 5.41) is 5.30. The number of aromatic nitrogens is 1. The number of benzene rings is 1. The van der Waals surface area contributed by atoms with Crippen LogP contribution >= 0.6 is 22.7 Å². The quantitative estimate of drug-likeness (QED) is 0.792. The van der Waals surface area contributed by atoms with Crippen molar-refractivity contribution in [2.45, 2.75) is 6.92 Å². The van der Waals surface area contributed by atoms with Gasteiger partial charge in [0.25, 0.3) is 5.91 Å². The van der Waals surface area contributed by atoms with Crippen LogP contribution in [0, 0.1) is 0 Å². The zero-order valence-electron chi connectivity index (χ0n) is 10.8. The van der Waals surface area contributed by atoms with Gasteiger partial charge in [0.15, 0.2) is 5.13 Å². The van der Waals surface area contributed by atoms with Crippen LogP contribution in [0.15, 0.2) is 35.7 Å². The summed E-state index contributed by atoms with van der Waals surface area (Å²) in [5.41, 5.74) is 0.861. The SMILES string of the molecule is CCOc1ccc2nc(NC(=O)c3cccs3)sc2c1. The second-order valence-corrected chi connectivity index (χ2v) is 5.99. The first-order valence-electron chi connectivity index (χ1n) is 6.14. The van der Waals surface area contributed by atoms with Crippen LogP contribution < -0.4 is 10.1 Å². The van der Waals surface area contributed by atoms with Crippen LogP contribution in [0.2, 0.25) is 0 Å². The topological polar surface area (TPSA) is 51.2 Å². The molecule has 4 nitrogen and oxygen atoms in total. The molecular weight excluding hydrogens is 292 g/mol. The highest BCUT2D eigenvalue weighted by molar-refractivity contribution is 7.22. The maximum atomic E-state index is 12.0. The normalized spacial score (nSPS) is 10.7. The Kier molecular flexibility index (Phi) is 3.66. The van der Waals surface area contributed by atoms with Gasteiger partial charge in [0, 0.05) is 0 Å². The monoisotopic (exact) mass is 304 g/mol. The second kappa shape index (κ2) is 5.60. The van der Waals surface area contributed by atoms with Crippen molar-refractivity contribution >= 4 is 43.9 Å². The number of hydrogen-bond donors (Lipinski definition) is 1. The van der Waals surface area contributed by atoms with E-state index in [-0.39, 0.29) is 5.91 Å². The van der Waals surface area contributed by atoms with Crippen molar-refractivity contribution in [3.05, 3.63) is 40.6 Å². The number of thiophene rings is 1. The Morgan fingerprint density at radius 1 is 1.40 bits per heavy atom. The lowest BCUT2D eigenvalue weighted by Crippen LogP contribution is -2.09. The van der Waals surface area contributed by atoms with Gasteiger partial charge in [-0.1, -0.05) is 17.4 Å². The third-order valence-corrected chi connectivity index (χ3v) is 4.44. The number of nitrogens with zero attached hydrogens (tertiary/aromatic N) is 1. The number of nitrogens with one attached hydrogen (secondary N) is 1. The molecule has 0 aliphatic carbocycles. The minimum atomic E-state index is -0.121. The average molecular weight is 304 g/mol. The first-order valence-corrected chi connectivity index (χ1v) is 7.84. The Balaban J connectivity index is 1.84. The number of hydrogen-bond acceptors (Lipinski definition) is 5. The summed E-state index contributed by atoms with van der Waals surface area (Å²) in [6.07, 6.45) is 0. The molecule has 0 unspecified atom stereocenters. The van der Waals surface area contributed by atoms with Gasteiger partial charge in [-0.3, -0.25) is 10.1 Å². The highest BCUT2D eigenvalue weighted by Crippen LogP contribution is 2.29. The van der Waals surface area contributed by atoms with Gasteiger partial charge in [-0.25, -0.2) is 4.98 Å². The Morgan fingerprint density at radius 2 is 2.30 bits per heavy atom. The van der Waals surface area contributed by atoms with Gasteiger partial charge in [-0.2, -0.15) is 0 Å². The molecule has 2 heterocycles. The first-order chi connectivity index (χ1) is 9.76. The minimum absolute atomic E-state index is 0.121. The zero-order chi connectivity index (χ0) is 13.9. The number of amides is 1. The lowest BCUT2D eigenvalue weighted by molar-refractivity contribution is 0.103. The van der Waals surface area contributed by atoms with Crippen LogP contribution in [0.1, 0.15) is 16.6 Å². The molecule has 0 atom stereocenters. The van der Waals surface area contributed by atoms with Gasteiger partial charge in [0.2, 0.25) is 0 Å². The third kappa shape index (κ3) is 2.66. The Bertz CT molecular complexity index is 735. The fourth-order valence-corrected chi connectivity index (χ4v) is 3.29. The number of thiazole rings is 1. The van der Waals surface area contributed by atoms with Crippen molar-refractivity contribution < 1.29 is 9.53 Å². The number of carbonyl (C=O) groups excluding carboxylic acids is 1. The van der Waals surface area contributed by atoms with E-state index in [1.54, 1.807) is 6.07 Å². The fraction of sp³-hybridized carbons (Fsp3) is 0.143. The van der Waals surface area contributed by atoms with E-state index < -0.39 is 0 Å². The molecule has 1 N–H and O–H groups in total. The van der Waals surface area contributed by atoms with Gasteiger partial charge < -0.3 is 4.74 Å². The number of carbonyl (C=O) groups is 1. The molecule has 3 rings (SSSR count). The molecule has 0 spiro atoms. The summed E-state index contributed by atoms with van der Waals surface area (Å²) in [7, 11) is 0. The van der Waals surface area contributed by atoms with E-state index in [1.165, 1.54) is 22.7 Å². The minimum Gasteiger partial charge on any atom is -0.494 e. The van der Waals surface area contributed by atoms with Gasteiger partial charge in [-0.15, -0.1) is 11.3 Å². The van der Waals surface area contributed by atoms with Crippen molar-refractivity contribution in [2.75, 3.05) is 11.9 Å². The van der Waals surface area contributed by atoms with Crippen molar-refractivity contribution in [1.82, 2.24) is 4.98 Å². The molecule has 0 fully saturated rings. The Morgan fingerprint density at radius 3 is 3.05 bits per heavy atom. The van der Waals surface area contributed by atoms with Crippen LogP contribution in [-0.4, -0.2) is 17.5 Å². The van der Waals surface area contributed by atoms with E-state index in [0.29, 0.717) is 16.6 Å². The maximum Gasteiger partial charge on any atom is 0.267 e. The molecule has 0 saturated carbocycles. The van der Waals surface area contributed by atoms with Crippen LogP contribution in [0.5, 0.6) is 5.75 Å². The largest absolute Gasteiger partial charge is 0.494 e. The summed E-state index contributed by atoms with van der Waals surface area (Å²) in [6, 6.07) is 9.37. The number of anilines is 1. The highest BCUT2D eigenvalue weighted by atomic mass is 32.1. The molecule has 20 heavy (non-hydrogen) atoms. The molecule has 6 heteroatoms. The number of fused-ring (bicyclic) bond motifs is 1. The van der Waals surface area contributed by atoms with E-state index in [0.717, 1.165) is 16.0 Å². The Labute approximate surface area is 124 Å². The molecule has 1 aromatic carbocycles. The summed E-state index contributed by atoms with van der Waals surface area (Å²) in [6.45, 7) is 2.58. The summed E-state index contributed by atoms with van der Waals surface area (Å²) in [5.74, 6) is 0.698. The first kappa shape index (κ1) is 13.1. The molecule has 1 amide bonds. The van der Waals surface area contributed by atoms with Crippen LogP contribution in [0.3, 0.4) is 0 Å². The van der Waals surface area contributed by atoms with Gasteiger partial charge in [-0.05, 0) is 36.6 Å². The smallest absolute Gasteiger partial charge is 0.267 e. The van der Waals surface area contributed by atoms with E-state index in [9.17, 15) is 4.79 Å². The van der Waals surface area contributed by atoms with Gasteiger partial charge in [0.05, 0.1) is 21.7 Å². The van der Waals surface area contributed by atoms with Crippen molar-refractivity contribution in [3.63, 3.8) is 0 Å². The van der Waals surface area contributed by atoms with E-state index in [1.807, 2.05) is 36.6 Å². The summed E-state index contributed by atoms with van der Waals surface area (Å²) in [4.78, 5) is 17.0. The Hall–Kier alpha value is -1.92. The molecule has 2 aromatic heterocycles. The highest BCUT2D eigenvalue weighted by Gasteiger charge is 2.11. The molecule has 0 saturated heterocycles. The summed E-state index contributed by atoms with van der Waals surface area (Å²) < 4.78 is 6.45. The third-order valence-electron chi connectivity index (χ3n) is 2.64. The molecule has 102 valence electrons. The predicted octanol–water partition coefficient (Wildman–Crippen LogP) is 4.01. The predicted molar refractivity (Wildman–Crippen MR) is 83.1 cm³/mol. The van der Waals surface area contributed by atoms with Gasteiger partial charge >= 0.3 is 0 Å². The molecule has 0 aliphatic rings. The molecule has 0 bridgehead atoms. The average Bonchev–Trinajstić information content (AvgIpc) is 3.06. The zero-order valence-corrected chi connectivity index (χ0v) is 12.4. The fourth-order valence-electron chi connectivity index (χ4n) is 1.78. The molecule has 0 radical (unpaired) electrons. The number of ether oxygens (including phenoxy) is 1. The van der Waals surface area contributed by atoms with E-state index in [4.69, 9.17) is 4.74 Å². The van der Waals surface area contributed by atoms with Crippen LogP contribution in [0.25, 0.3) is 10.2 Å². The van der Waals surface area contributed by atoms with Crippen molar-refractivity contribution in [2.24, 2.45) is 0 Å². The van der Waals surface area contributed by atoms with Crippen molar-refractivity contribution in [3.8, 4) is 5.75 Å². The van der Waals surface area contributed by atoms with Crippen LogP contribution in [-0.2, 0) is 0 Å². The molecular formula is C14H12N2O2S2. The lowest BCUT2D eigenvalue weighted by atomic mass is 10.3.